The van der Waals surface area contributed by atoms with Crippen molar-refractivity contribution in [3.8, 4) is 11.5 Å². The van der Waals surface area contributed by atoms with Crippen LogP contribution in [0.15, 0.2) is 41.3 Å². The van der Waals surface area contributed by atoms with E-state index in [0.717, 1.165) is 18.4 Å². The lowest BCUT2D eigenvalue weighted by atomic mass is 10.1. The molecule has 0 aliphatic carbocycles. The van der Waals surface area contributed by atoms with Crippen molar-refractivity contribution in [3.63, 3.8) is 0 Å². The number of carbonyl (C=O) groups is 1. The van der Waals surface area contributed by atoms with E-state index in [9.17, 15) is 13.2 Å². The summed E-state index contributed by atoms with van der Waals surface area (Å²) in [5, 5.41) is 2.77. The second kappa shape index (κ2) is 8.84. The molecule has 0 saturated carbocycles. The average molecular weight is 419 g/mol. The molecule has 1 fully saturated rings. The monoisotopic (exact) mass is 418 g/mol. The van der Waals surface area contributed by atoms with Crippen molar-refractivity contribution < 1.29 is 22.7 Å². The van der Waals surface area contributed by atoms with E-state index < -0.39 is 10.0 Å². The summed E-state index contributed by atoms with van der Waals surface area (Å²) in [6, 6.07) is 9.83. The van der Waals surface area contributed by atoms with Gasteiger partial charge in [0.25, 0.3) is 5.91 Å². The van der Waals surface area contributed by atoms with E-state index in [4.69, 9.17) is 9.47 Å². The lowest BCUT2D eigenvalue weighted by Gasteiger charge is -2.19. The van der Waals surface area contributed by atoms with Crippen LogP contribution in [-0.2, 0) is 10.0 Å². The van der Waals surface area contributed by atoms with Crippen LogP contribution in [0.1, 0.15) is 35.7 Å². The molecule has 0 atom stereocenters. The molecule has 3 rings (SSSR count). The number of hydrogen-bond acceptors (Lipinski definition) is 5. The fourth-order valence-corrected chi connectivity index (χ4v) is 4.97. The Morgan fingerprint density at radius 1 is 1.10 bits per heavy atom. The van der Waals surface area contributed by atoms with Gasteiger partial charge < -0.3 is 14.8 Å². The molecule has 0 bridgehead atoms. The van der Waals surface area contributed by atoms with E-state index >= 15 is 0 Å². The summed E-state index contributed by atoms with van der Waals surface area (Å²) >= 11 is 0. The van der Waals surface area contributed by atoms with Crippen LogP contribution in [0.4, 0.5) is 5.69 Å². The lowest BCUT2D eigenvalue weighted by Crippen LogP contribution is -2.28. The zero-order valence-corrected chi connectivity index (χ0v) is 17.7. The molecule has 2 aromatic rings. The summed E-state index contributed by atoms with van der Waals surface area (Å²) < 4.78 is 38.4. The topological polar surface area (TPSA) is 84.9 Å². The Kier molecular flexibility index (Phi) is 6.44. The lowest BCUT2D eigenvalue weighted by molar-refractivity contribution is 0.102. The van der Waals surface area contributed by atoms with Gasteiger partial charge in [-0.15, -0.1) is 0 Å². The number of nitrogens with zero attached hydrogens (tertiary/aromatic N) is 1. The van der Waals surface area contributed by atoms with Gasteiger partial charge in [0.05, 0.1) is 13.7 Å². The number of rotatable bonds is 7. The minimum Gasteiger partial charge on any atom is -0.496 e. The maximum atomic E-state index is 13.1. The first-order valence-corrected chi connectivity index (χ1v) is 11.0. The van der Waals surface area contributed by atoms with Crippen molar-refractivity contribution in [2.75, 3.05) is 32.1 Å². The molecule has 0 unspecified atom stereocenters. The van der Waals surface area contributed by atoms with Crippen molar-refractivity contribution in [1.82, 2.24) is 4.31 Å². The third-order valence-electron chi connectivity index (χ3n) is 4.85. The van der Waals surface area contributed by atoms with Crippen molar-refractivity contribution in [3.05, 3.63) is 47.5 Å². The van der Waals surface area contributed by atoms with Gasteiger partial charge in [0.15, 0.2) is 0 Å². The number of aryl methyl sites for hydroxylation is 1. The molecule has 1 saturated heterocycles. The van der Waals surface area contributed by atoms with Gasteiger partial charge in [-0.3, -0.25) is 4.79 Å². The quantitative estimate of drug-likeness (QED) is 0.745. The van der Waals surface area contributed by atoms with E-state index in [0.29, 0.717) is 36.7 Å². The highest BCUT2D eigenvalue weighted by molar-refractivity contribution is 7.89. The molecule has 1 N–H and O–H groups in total. The van der Waals surface area contributed by atoms with Crippen molar-refractivity contribution in [2.24, 2.45) is 0 Å². The van der Waals surface area contributed by atoms with Gasteiger partial charge >= 0.3 is 0 Å². The van der Waals surface area contributed by atoms with Gasteiger partial charge in [0.1, 0.15) is 16.4 Å². The molecule has 1 amide bonds. The fraction of sp³-hybridized carbons (Fsp3) is 0.381. The first-order chi connectivity index (χ1) is 13.9. The minimum atomic E-state index is -3.69. The molecule has 1 heterocycles. The molecular weight excluding hydrogens is 392 g/mol. The zero-order chi connectivity index (χ0) is 21.0. The largest absolute Gasteiger partial charge is 0.496 e. The number of anilines is 1. The SMILES string of the molecule is CCOc1ccc(NC(=O)c2ccc(C)c(OC)c2)cc1S(=O)(=O)N1CCCC1. The average Bonchev–Trinajstić information content (AvgIpc) is 3.25. The molecule has 7 nitrogen and oxygen atoms in total. The van der Waals surface area contributed by atoms with Gasteiger partial charge in [0, 0.05) is 24.3 Å². The van der Waals surface area contributed by atoms with Gasteiger partial charge in [-0.05, 0) is 62.6 Å². The summed E-state index contributed by atoms with van der Waals surface area (Å²) in [5.41, 5.74) is 1.73. The van der Waals surface area contributed by atoms with E-state index in [1.807, 2.05) is 6.92 Å². The third kappa shape index (κ3) is 4.54. The number of sulfonamides is 1. The molecule has 2 aromatic carbocycles. The number of amides is 1. The van der Waals surface area contributed by atoms with Crippen LogP contribution in [0.5, 0.6) is 11.5 Å². The van der Waals surface area contributed by atoms with Gasteiger partial charge in [0.2, 0.25) is 10.0 Å². The van der Waals surface area contributed by atoms with Crippen molar-refractivity contribution in [2.45, 2.75) is 31.6 Å². The van der Waals surface area contributed by atoms with Crippen LogP contribution < -0.4 is 14.8 Å². The van der Waals surface area contributed by atoms with E-state index in [1.54, 1.807) is 44.4 Å². The normalized spacial score (nSPS) is 14.6. The Labute approximate surface area is 171 Å². The molecular formula is C21H26N2O5S. The minimum absolute atomic E-state index is 0.0699. The number of ether oxygens (including phenoxy) is 2. The highest BCUT2D eigenvalue weighted by Crippen LogP contribution is 2.32. The molecule has 0 radical (unpaired) electrons. The Morgan fingerprint density at radius 2 is 1.83 bits per heavy atom. The van der Waals surface area contributed by atoms with Crippen LogP contribution in [0.2, 0.25) is 0 Å². The number of carbonyl (C=O) groups excluding carboxylic acids is 1. The van der Waals surface area contributed by atoms with Crippen LogP contribution in [0, 0.1) is 6.92 Å². The Hall–Kier alpha value is -2.58. The summed E-state index contributed by atoms with van der Waals surface area (Å²) in [5.74, 6) is 0.549. The van der Waals surface area contributed by atoms with Crippen molar-refractivity contribution in [1.29, 1.82) is 0 Å². The van der Waals surface area contributed by atoms with Crippen LogP contribution in [0.25, 0.3) is 0 Å². The Morgan fingerprint density at radius 3 is 2.48 bits per heavy atom. The number of nitrogens with one attached hydrogen (secondary N) is 1. The summed E-state index contributed by atoms with van der Waals surface area (Å²) in [4.78, 5) is 12.7. The first kappa shape index (κ1) is 21.1. The molecule has 0 aromatic heterocycles. The maximum absolute atomic E-state index is 13.1. The first-order valence-electron chi connectivity index (χ1n) is 9.59. The van der Waals surface area contributed by atoms with Crippen LogP contribution >= 0.6 is 0 Å². The molecule has 0 spiro atoms. The Bertz CT molecular complexity index is 998. The second-order valence-electron chi connectivity index (χ2n) is 6.84. The van der Waals surface area contributed by atoms with Crippen molar-refractivity contribution >= 4 is 21.6 Å². The molecule has 1 aliphatic rings. The predicted molar refractivity (Wildman–Crippen MR) is 111 cm³/mol. The van der Waals surface area contributed by atoms with Gasteiger partial charge in [-0.1, -0.05) is 6.07 Å². The second-order valence-corrected chi connectivity index (χ2v) is 8.75. The van der Waals surface area contributed by atoms with E-state index in [-0.39, 0.29) is 16.6 Å². The zero-order valence-electron chi connectivity index (χ0n) is 16.9. The third-order valence-corrected chi connectivity index (χ3v) is 6.77. The number of benzene rings is 2. The van der Waals surface area contributed by atoms with Crippen LogP contribution in [0.3, 0.4) is 0 Å². The highest BCUT2D eigenvalue weighted by Gasteiger charge is 2.30. The van der Waals surface area contributed by atoms with Gasteiger partial charge in [-0.2, -0.15) is 4.31 Å². The van der Waals surface area contributed by atoms with E-state index in [1.165, 1.54) is 10.4 Å². The molecule has 29 heavy (non-hydrogen) atoms. The molecule has 8 heteroatoms. The highest BCUT2D eigenvalue weighted by atomic mass is 32.2. The molecule has 1 aliphatic heterocycles. The smallest absolute Gasteiger partial charge is 0.255 e. The van der Waals surface area contributed by atoms with Gasteiger partial charge in [-0.25, -0.2) is 8.42 Å². The Balaban J connectivity index is 1.91. The standard InChI is InChI=1S/C21H26N2O5S/c1-4-28-18-10-9-17(14-20(18)29(25,26)23-11-5-6-12-23)22-21(24)16-8-7-15(2)19(13-16)27-3/h7-10,13-14H,4-6,11-12H2,1-3H3,(H,22,24). The summed E-state index contributed by atoms with van der Waals surface area (Å²) in [6.07, 6.45) is 1.68. The fourth-order valence-electron chi connectivity index (χ4n) is 3.29. The van der Waals surface area contributed by atoms with E-state index in [2.05, 4.69) is 5.32 Å². The number of methoxy groups -OCH3 is 1. The summed E-state index contributed by atoms with van der Waals surface area (Å²) in [7, 11) is -2.15. The predicted octanol–water partition coefficient (Wildman–Crippen LogP) is 3.44. The maximum Gasteiger partial charge on any atom is 0.255 e. The van der Waals surface area contributed by atoms with Crippen LogP contribution in [-0.4, -0.2) is 45.4 Å². The molecule has 156 valence electrons. The number of hydrogen-bond donors (Lipinski definition) is 1. The summed E-state index contributed by atoms with van der Waals surface area (Å²) in [6.45, 7) is 5.02.